The quantitative estimate of drug-likeness (QED) is 0.194. The van der Waals surface area contributed by atoms with Crippen LogP contribution in [0.15, 0.2) is 61.3 Å². The number of amides is 1. The van der Waals surface area contributed by atoms with E-state index < -0.39 is 5.91 Å². The summed E-state index contributed by atoms with van der Waals surface area (Å²) in [4.78, 5) is 36.7. The van der Waals surface area contributed by atoms with Crippen molar-refractivity contribution < 1.29 is 9.59 Å². The Morgan fingerprint density at radius 3 is 2.20 bits per heavy atom. The normalized spacial score (nSPS) is 10.7. The molecule has 0 saturated carbocycles. The zero-order valence-corrected chi connectivity index (χ0v) is 25.2. The summed E-state index contributed by atoms with van der Waals surface area (Å²) < 4.78 is 1.69. The number of nitrogen functional groups attached to an aromatic ring is 1. The van der Waals surface area contributed by atoms with Crippen molar-refractivity contribution in [2.75, 3.05) is 11.1 Å². The van der Waals surface area contributed by atoms with E-state index in [2.05, 4.69) is 20.3 Å². The Morgan fingerprint density at radius 1 is 0.902 bits per heavy atom. The van der Waals surface area contributed by atoms with Gasteiger partial charge in [-0.15, -0.1) is 0 Å². The largest absolute Gasteiger partial charge is 0.382 e. The SMILES string of the molecule is Cc1ccc(C(=O)Cc2c(Cl)cccc2Cl)cc1C.Cn1cnc2c(N)ncc(C(=O)Nc3c(Cl)cncc3Cl)c21. The van der Waals surface area contributed by atoms with Crippen molar-refractivity contribution in [3.05, 3.63) is 109 Å². The first kappa shape index (κ1) is 30.3. The fraction of sp³-hybridized carbons (Fsp3) is 0.138. The number of anilines is 2. The molecule has 5 aromatic rings. The molecule has 0 radical (unpaired) electrons. The lowest BCUT2D eigenvalue weighted by Crippen LogP contribution is -2.15. The summed E-state index contributed by atoms with van der Waals surface area (Å²) in [7, 11) is 1.76. The van der Waals surface area contributed by atoms with Crippen LogP contribution in [0, 0.1) is 13.8 Å². The van der Waals surface area contributed by atoms with E-state index in [1.807, 2.05) is 32.0 Å². The second-order valence-corrected chi connectivity index (χ2v) is 10.8. The number of fused-ring (bicyclic) bond motifs is 1. The standard InChI is InChI=1S/C16H14Cl2O.C13H10Cl2N6O/c1-10-6-7-12(8-11(10)2)16(19)9-13-14(17)4-3-5-15(13)18;1-21-5-19-10-11(21)6(2-18-12(10)16)13(22)20-9-7(14)3-17-4-8(9)15/h3-8H,9H2,1-2H3;2-5H,1H3,(H2,16,18)(H,17,20,22). The summed E-state index contributed by atoms with van der Waals surface area (Å²) in [6.45, 7) is 4.02. The Bertz CT molecular complexity index is 1750. The lowest BCUT2D eigenvalue weighted by atomic mass is 9.99. The van der Waals surface area contributed by atoms with Gasteiger partial charge in [0.15, 0.2) is 11.6 Å². The zero-order chi connectivity index (χ0) is 29.8. The molecule has 12 heteroatoms. The van der Waals surface area contributed by atoms with Gasteiger partial charge in [-0.1, -0.05) is 64.6 Å². The molecule has 0 fully saturated rings. The first-order chi connectivity index (χ1) is 19.5. The third-order valence-electron chi connectivity index (χ3n) is 6.33. The van der Waals surface area contributed by atoms with Crippen LogP contribution in [0.3, 0.4) is 0 Å². The molecule has 3 aromatic heterocycles. The second kappa shape index (κ2) is 12.9. The Kier molecular flexibility index (Phi) is 9.50. The van der Waals surface area contributed by atoms with E-state index in [1.165, 1.54) is 24.2 Å². The van der Waals surface area contributed by atoms with Crippen LogP contribution < -0.4 is 11.1 Å². The summed E-state index contributed by atoms with van der Waals surface area (Å²) in [5.74, 6) is -0.138. The number of hydrogen-bond acceptors (Lipinski definition) is 6. The van der Waals surface area contributed by atoms with E-state index in [4.69, 9.17) is 52.1 Å². The number of rotatable bonds is 5. The lowest BCUT2D eigenvalue weighted by molar-refractivity contribution is 0.0991. The monoisotopic (exact) mass is 628 g/mol. The number of ketones is 1. The van der Waals surface area contributed by atoms with E-state index in [1.54, 1.807) is 36.1 Å². The van der Waals surface area contributed by atoms with Crippen LogP contribution in [0.5, 0.6) is 0 Å². The van der Waals surface area contributed by atoms with Gasteiger partial charge in [-0.2, -0.15) is 0 Å². The molecule has 210 valence electrons. The van der Waals surface area contributed by atoms with Crippen LogP contribution in [0.25, 0.3) is 11.0 Å². The van der Waals surface area contributed by atoms with Gasteiger partial charge >= 0.3 is 0 Å². The average molecular weight is 630 g/mol. The minimum absolute atomic E-state index is 0.0260. The van der Waals surface area contributed by atoms with E-state index in [0.29, 0.717) is 37.8 Å². The maximum atomic E-state index is 12.5. The molecule has 0 aliphatic carbocycles. The highest BCUT2D eigenvalue weighted by molar-refractivity contribution is 6.40. The van der Waals surface area contributed by atoms with Crippen molar-refractivity contribution >= 4 is 80.6 Å². The molecule has 0 spiro atoms. The first-order valence-corrected chi connectivity index (χ1v) is 13.7. The number of carbonyl (C=O) groups excluding carboxylic acids is 2. The van der Waals surface area contributed by atoms with Crippen molar-refractivity contribution in [1.82, 2.24) is 19.5 Å². The molecule has 2 aromatic carbocycles. The molecule has 5 rings (SSSR count). The van der Waals surface area contributed by atoms with Crippen molar-refractivity contribution in [3.8, 4) is 0 Å². The molecule has 0 saturated heterocycles. The maximum Gasteiger partial charge on any atom is 0.259 e. The Balaban J connectivity index is 0.000000191. The topological polar surface area (TPSA) is 116 Å². The minimum atomic E-state index is -0.420. The number of aryl methyl sites for hydroxylation is 3. The van der Waals surface area contributed by atoms with Crippen molar-refractivity contribution in [2.24, 2.45) is 7.05 Å². The van der Waals surface area contributed by atoms with Gasteiger partial charge in [0.2, 0.25) is 0 Å². The molecular formula is C29H24Cl4N6O2. The second-order valence-electron chi connectivity index (χ2n) is 9.14. The molecule has 41 heavy (non-hydrogen) atoms. The van der Waals surface area contributed by atoms with Gasteiger partial charge in [-0.25, -0.2) is 9.97 Å². The predicted molar refractivity (Wildman–Crippen MR) is 166 cm³/mol. The fourth-order valence-electron chi connectivity index (χ4n) is 3.95. The fourth-order valence-corrected chi connectivity index (χ4v) is 4.94. The lowest BCUT2D eigenvalue weighted by Gasteiger charge is -2.10. The molecule has 3 heterocycles. The molecule has 3 N–H and O–H groups in total. The van der Waals surface area contributed by atoms with Crippen LogP contribution in [-0.2, 0) is 13.5 Å². The molecule has 8 nitrogen and oxygen atoms in total. The third kappa shape index (κ3) is 6.80. The number of halogens is 4. The molecule has 0 aliphatic rings. The van der Waals surface area contributed by atoms with Gasteiger partial charge in [-0.3, -0.25) is 14.6 Å². The molecule has 1 amide bonds. The number of benzene rings is 2. The van der Waals surface area contributed by atoms with Gasteiger partial charge in [0.05, 0.1) is 33.1 Å². The van der Waals surface area contributed by atoms with Crippen LogP contribution in [0.1, 0.15) is 37.4 Å². The van der Waals surface area contributed by atoms with Crippen LogP contribution in [0.4, 0.5) is 11.5 Å². The number of imidazole rings is 1. The predicted octanol–water partition coefficient (Wildman–Crippen LogP) is 7.54. The maximum absolute atomic E-state index is 12.5. The number of pyridine rings is 2. The van der Waals surface area contributed by atoms with E-state index >= 15 is 0 Å². The van der Waals surface area contributed by atoms with Gasteiger partial charge in [0.25, 0.3) is 5.91 Å². The number of hydrogen-bond donors (Lipinski definition) is 2. The Hall–Kier alpha value is -3.69. The number of aromatic nitrogens is 4. The van der Waals surface area contributed by atoms with Gasteiger partial charge < -0.3 is 15.6 Å². The summed E-state index contributed by atoms with van der Waals surface area (Å²) in [5, 5.41) is 4.21. The van der Waals surface area contributed by atoms with Gasteiger partial charge in [0.1, 0.15) is 5.52 Å². The van der Waals surface area contributed by atoms with Gasteiger partial charge in [-0.05, 0) is 48.7 Å². The molecule has 0 aliphatic heterocycles. The summed E-state index contributed by atoms with van der Waals surface area (Å²) in [5.41, 5.74) is 11.1. The number of nitrogens with one attached hydrogen (secondary N) is 1. The molecule has 0 bridgehead atoms. The minimum Gasteiger partial charge on any atom is -0.382 e. The Morgan fingerprint density at radius 2 is 1.56 bits per heavy atom. The van der Waals surface area contributed by atoms with Crippen molar-refractivity contribution in [3.63, 3.8) is 0 Å². The first-order valence-electron chi connectivity index (χ1n) is 12.2. The summed E-state index contributed by atoms with van der Waals surface area (Å²) in [6.07, 6.45) is 5.96. The van der Waals surface area contributed by atoms with E-state index in [0.717, 1.165) is 5.56 Å². The summed E-state index contributed by atoms with van der Waals surface area (Å²) in [6, 6.07) is 11.0. The van der Waals surface area contributed by atoms with Crippen LogP contribution >= 0.6 is 46.4 Å². The number of Topliss-reactive ketones (excluding diaryl/α,β-unsaturated/α-hetero) is 1. The zero-order valence-electron chi connectivity index (χ0n) is 22.2. The van der Waals surface area contributed by atoms with E-state index in [9.17, 15) is 9.59 Å². The number of carbonyl (C=O) groups is 2. The van der Waals surface area contributed by atoms with Crippen molar-refractivity contribution in [1.29, 1.82) is 0 Å². The highest BCUT2D eigenvalue weighted by Gasteiger charge is 2.19. The number of nitrogens with zero attached hydrogens (tertiary/aromatic N) is 4. The molecular weight excluding hydrogens is 606 g/mol. The van der Waals surface area contributed by atoms with Crippen LogP contribution in [0.2, 0.25) is 20.1 Å². The highest BCUT2D eigenvalue weighted by atomic mass is 35.5. The molecule has 0 atom stereocenters. The average Bonchev–Trinajstić information content (AvgIpc) is 3.33. The highest BCUT2D eigenvalue weighted by Crippen LogP contribution is 2.30. The van der Waals surface area contributed by atoms with Crippen molar-refractivity contribution in [2.45, 2.75) is 20.3 Å². The van der Waals surface area contributed by atoms with Gasteiger partial charge in [0, 0.05) is 47.7 Å². The summed E-state index contributed by atoms with van der Waals surface area (Å²) >= 11 is 24.2. The van der Waals surface area contributed by atoms with Crippen LogP contribution in [-0.4, -0.2) is 31.2 Å². The smallest absolute Gasteiger partial charge is 0.259 e. The molecule has 0 unspecified atom stereocenters. The third-order valence-corrected chi connectivity index (χ3v) is 7.61. The number of nitrogens with two attached hydrogens (primary N) is 1. The van der Waals surface area contributed by atoms with E-state index in [-0.39, 0.29) is 33.8 Å². The Labute approximate surface area is 256 Å².